The molecule has 3 aromatic rings. The molecule has 3 atom stereocenters. The van der Waals surface area contributed by atoms with E-state index in [2.05, 4.69) is 21.5 Å². The summed E-state index contributed by atoms with van der Waals surface area (Å²) in [6.07, 6.45) is 3.00. The lowest BCUT2D eigenvalue weighted by Gasteiger charge is -2.29. The standard InChI is InChI=1S/C22H19F2N5S/c1-14(22-28-21(11-30-22)16-4-2-15(9-25)3-5-16)19(10-29-13-26-12-27-29)18-8-17(23)6-7-20(18)24/h2-8,11-14,19,22,28H,10H2,1H3. The predicted octanol–water partition coefficient (Wildman–Crippen LogP) is 4.51. The van der Waals surface area contributed by atoms with Gasteiger partial charge in [-0.1, -0.05) is 19.1 Å². The molecule has 3 unspecified atom stereocenters. The number of benzene rings is 2. The molecule has 0 bridgehead atoms. The number of rotatable bonds is 6. The van der Waals surface area contributed by atoms with E-state index in [0.717, 1.165) is 17.3 Å². The Morgan fingerprint density at radius 1 is 1.23 bits per heavy atom. The highest BCUT2D eigenvalue weighted by Crippen LogP contribution is 2.39. The summed E-state index contributed by atoms with van der Waals surface area (Å²) >= 11 is 1.61. The quantitative estimate of drug-likeness (QED) is 0.632. The lowest BCUT2D eigenvalue weighted by Crippen LogP contribution is -2.33. The number of aromatic nitrogens is 3. The maximum absolute atomic E-state index is 14.6. The van der Waals surface area contributed by atoms with Gasteiger partial charge in [-0.25, -0.2) is 13.8 Å². The van der Waals surface area contributed by atoms with Gasteiger partial charge < -0.3 is 5.32 Å². The van der Waals surface area contributed by atoms with Gasteiger partial charge in [-0.2, -0.15) is 10.4 Å². The van der Waals surface area contributed by atoms with Gasteiger partial charge >= 0.3 is 0 Å². The first-order valence-corrected chi connectivity index (χ1v) is 10.4. The van der Waals surface area contributed by atoms with E-state index in [9.17, 15) is 8.78 Å². The van der Waals surface area contributed by atoms with Crippen molar-refractivity contribution in [3.63, 3.8) is 0 Å². The number of halogens is 2. The predicted molar refractivity (Wildman–Crippen MR) is 112 cm³/mol. The maximum Gasteiger partial charge on any atom is 0.137 e. The summed E-state index contributed by atoms with van der Waals surface area (Å²) in [6.45, 7) is 2.40. The van der Waals surface area contributed by atoms with Gasteiger partial charge in [-0.15, -0.1) is 11.8 Å². The Morgan fingerprint density at radius 2 is 2.03 bits per heavy atom. The summed E-state index contributed by atoms with van der Waals surface area (Å²) < 4.78 is 30.2. The average Bonchev–Trinajstić information content (AvgIpc) is 3.46. The molecule has 4 rings (SSSR count). The van der Waals surface area contributed by atoms with Crippen LogP contribution in [0.2, 0.25) is 0 Å². The third kappa shape index (κ3) is 4.21. The van der Waals surface area contributed by atoms with E-state index < -0.39 is 11.6 Å². The monoisotopic (exact) mass is 423 g/mol. The van der Waals surface area contributed by atoms with E-state index in [0.29, 0.717) is 17.7 Å². The topological polar surface area (TPSA) is 66.5 Å². The smallest absolute Gasteiger partial charge is 0.137 e. The Hall–Kier alpha value is -3.18. The second-order valence-corrected chi connectivity index (χ2v) is 8.19. The highest BCUT2D eigenvalue weighted by molar-refractivity contribution is 8.03. The molecule has 2 aromatic carbocycles. The van der Waals surface area contributed by atoms with Crippen LogP contribution < -0.4 is 5.32 Å². The molecule has 152 valence electrons. The molecule has 0 amide bonds. The zero-order valence-corrected chi connectivity index (χ0v) is 17.0. The van der Waals surface area contributed by atoms with Crippen molar-refractivity contribution in [2.24, 2.45) is 5.92 Å². The van der Waals surface area contributed by atoms with Gasteiger partial charge in [0.05, 0.1) is 23.6 Å². The van der Waals surface area contributed by atoms with Crippen molar-refractivity contribution in [1.82, 2.24) is 20.1 Å². The second-order valence-electron chi connectivity index (χ2n) is 7.17. The van der Waals surface area contributed by atoms with Crippen molar-refractivity contribution in [3.8, 4) is 6.07 Å². The molecule has 1 aliphatic rings. The van der Waals surface area contributed by atoms with E-state index in [1.165, 1.54) is 18.5 Å². The van der Waals surface area contributed by atoms with Crippen molar-refractivity contribution >= 4 is 17.5 Å². The van der Waals surface area contributed by atoms with E-state index in [1.807, 2.05) is 24.5 Å². The number of hydrogen-bond donors (Lipinski definition) is 1. The molecular formula is C22H19F2N5S. The summed E-state index contributed by atoms with van der Waals surface area (Å²) in [4.78, 5) is 3.96. The first-order valence-electron chi connectivity index (χ1n) is 9.45. The van der Waals surface area contributed by atoms with Crippen LogP contribution in [0.3, 0.4) is 0 Å². The van der Waals surface area contributed by atoms with Gasteiger partial charge in [0, 0.05) is 11.6 Å². The zero-order chi connectivity index (χ0) is 21.1. The fourth-order valence-corrected chi connectivity index (χ4v) is 4.70. The van der Waals surface area contributed by atoms with Crippen molar-refractivity contribution in [2.75, 3.05) is 0 Å². The van der Waals surface area contributed by atoms with Crippen LogP contribution >= 0.6 is 11.8 Å². The summed E-state index contributed by atoms with van der Waals surface area (Å²) in [5.41, 5.74) is 2.85. The lowest BCUT2D eigenvalue weighted by molar-refractivity contribution is 0.361. The highest BCUT2D eigenvalue weighted by Gasteiger charge is 2.32. The Balaban J connectivity index is 1.57. The van der Waals surface area contributed by atoms with Gasteiger partial charge in [-0.05, 0) is 52.8 Å². The minimum Gasteiger partial charge on any atom is -0.372 e. The minimum absolute atomic E-state index is 0.0353. The minimum atomic E-state index is -0.467. The average molecular weight is 423 g/mol. The van der Waals surface area contributed by atoms with Gasteiger partial charge in [0.1, 0.15) is 24.3 Å². The van der Waals surface area contributed by atoms with Gasteiger partial charge in [0.2, 0.25) is 0 Å². The fourth-order valence-electron chi connectivity index (χ4n) is 3.58. The third-order valence-electron chi connectivity index (χ3n) is 5.28. The highest BCUT2D eigenvalue weighted by atomic mass is 32.2. The first kappa shape index (κ1) is 20.1. The molecule has 0 spiro atoms. The van der Waals surface area contributed by atoms with Crippen LogP contribution in [0.4, 0.5) is 8.78 Å². The Kier molecular flexibility index (Phi) is 5.81. The Labute approximate surface area is 177 Å². The molecule has 0 saturated carbocycles. The van der Waals surface area contributed by atoms with E-state index >= 15 is 0 Å². The molecule has 0 fully saturated rings. The van der Waals surface area contributed by atoms with Gasteiger partial charge in [-0.3, -0.25) is 4.68 Å². The van der Waals surface area contributed by atoms with Crippen LogP contribution in [0.1, 0.15) is 29.5 Å². The third-order valence-corrected chi connectivity index (χ3v) is 6.49. The SMILES string of the molecule is CC(C1NC(c2ccc(C#N)cc2)=CS1)C(Cn1cncn1)c1cc(F)ccc1F. The van der Waals surface area contributed by atoms with E-state index in [4.69, 9.17) is 5.26 Å². The second kappa shape index (κ2) is 8.67. The molecule has 8 heteroatoms. The molecule has 0 saturated heterocycles. The van der Waals surface area contributed by atoms with Crippen LogP contribution in [0, 0.1) is 28.9 Å². The molecule has 1 aliphatic heterocycles. The molecular weight excluding hydrogens is 404 g/mol. The zero-order valence-electron chi connectivity index (χ0n) is 16.2. The Morgan fingerprint density at radius 3 is 2.73 bits per heavy atom. The molecule has 2 heterocycles. The van der Waals surface area contributed by atoms with Crippen LogP contribution in [0.25, 0.3) is 5.70 Å². The number of nitriles is 1. The molecule has 0 aliphatic carbocycles. The molecule has 1 aromatic heterocycles. The molecule has 1 N–H and O–H groups in total. The van der Waals surface area contributed by atoms with E-state index in [-0.39, 0.29) is 17.2 Å². The molecule has 30 heavy (non-hydrogen) atoms. The number of hydrogen-bond acceptors (Lipinski definition) is 5. The Bertz CT molecular complexity index is 1090. The van der Waals surface area contributed by atoms with E-state index in [1.54, 1.807) is 34.9 Å². The van der Waals surface area contributed by atoms with Crippen LogP contribution in [-0.4, -0.2) is 20.1 Å². The number of nitrogens with one attached hydrogen (secondary N) is 1. The molecule has 5 nitrogen and oxygen atoms in total. The maximum atomic E-state index is 14.6. The van der Waals surface area contributed by atoms with Gasteiger partial charge in [0.15, 0.2) is 0 Å². The number of thioether (sulfide) groups is 1. The normalized spacial score (nSPS) is 17.7. The van der Waals surface area contributed by atoms with Gasteiger partial charge in [0.25, 0.3) is 0 Å². The summed E-state index contributed by atoms with van der Waals surface area (Å²) in [7, 11) is 0. The summed E-state index contributed by atoms with van der Waals surface area (Å²) in [6, 6.07) is 13.0. The van der Waals surface area contributed by atoms with Crippen LogP contribution in [0.5, 0.6) is 0 Å². The van der Waals surface area contributed by atoms with Crippen molar-refractivity contribution in [1.29, 1.82) is 5.26 Å². The van der Waals surface area contributed by atoms with Crippen molar-refractivity contribution in [2.45, 2.75) is 24.8 Å². The molecule has 0 radical (unpaired) electrons. The lowest BCUT2D eigenvalue weighted by atomic mass is 9.86. The van der Waals surface area contributed by atoms with Crippen molar-refractivity contribution < 1.29 is 8.78 Å². The largest absolute Gasteiger partial charge is 0.372 e. The van der Waals surface area contributed by atoms with Crippen LogP contribution in [0.15, 0.2) is 60.5 Å². The fraction of sp³-hybridized carbons (Fsp3) is 0.227. The van der Waals surface area contributed by atoms with Crippen molar-refractivity contribution in [3.05, 3.63) is 88.9 Å². The summed E-state index contributed by atoms with van der Waals surface area (Å²) in [5, 5.41) is 18.6. The van der Waals surface area contributed by atoms with Crippen LogP contribution in [-0.2, 0) is 6.54 Å². The first-order chi connectivity index (χ1) is 14.5. The number of nitrogens with zero attached hydrogens (tertiary/aromatic N) is 4. The summed E-state index contributed by atoms with van der Waals surface area (Å²) in [5.74, 6) is -1.27.